The van der Waals surface area contributed by atoms with Crippen LogP contribution in [-0.2, 0) is 11.3 Å². The Balaban J connectivity index is 1.62. The van der Waals surface area contributed by atoms with Crippen LogP contribution in [0, 0.1) is 5.82 Å². The smallest absolute Gasteiger partial charge is 0.255 e. The van der Waals surface area contributed by atoms with Crippen molar-refractivity contribution in [3.05, 3.63) is 69.5 Å². The summed E-state index contributed by atoms with van der Waals surface area (Å²) in [5.74, 6) is -0.417. The molecule has 0 unspecified atom stereocenters. The zero-order valence-electron chi connectivity index (χ0n) is 13.6. The molecule has 0 aromatic heterocycles. The molecule has 1 aliphatic rings. The molecule has 0 N–H and O–H groups in total. The van der Waals surface area contributed by atoms with Crippen molar-refractivity contribution in [3.8, 4) is 0 Å². The van der Waals surface area contributed by atoms with E-state index in [1.165, 1.54) is 6.07 Å². The summed E-state index contributed by atoms with van der Waals surface area (Å²) in [6.07, 6.45) is 1.55. The number of ether oxygens (including phenoxy) is 1. The van der Waals surface area contributed by atoms with Crippen molar-refractivity contribution in [1.82, 2.24) is 4.90 Å². The predicted octanol–water partition coefficient (Wildman–Crippen LogP) is 4.95. The van der Waals surface area contributed by atoms with Crippen LogP contribution in [0.2, 0.25) is 10.0 Å². The Bertz CT molecular complexity index is 769. The molecule has 0 spiro atoms. The maximum Gasteiger partial charge on any atom is 0.255 e. The molecule has 6 heteroatoms. The summed E-state index contributed by atoms with van der Waals surface area (Å²) in [7, 11) is 0. The lowest BCUT2D eigenvalue weighted by Gasteiger charge is -2.33. The molecule has 2 aromatic carbocycles. The van der Waals surface area contributed by atoms with E-state index in [0.29, 0.717) is 34.3 Å². The van der Waals surface area contributed by atoms with Crippen molar-refractivity contribution in [3.63, 3.8) is 0 Å². The van der Waals surface area contributed by atoms with Crippen molar-refractivity contribution in [2.45, 2.75) is 25.6 Å². The van der Waals surface area contributed by atoms with Crippen LogP contribution in [0.3, 0.4) is 0 Å². The van der Waals surface area contributed by atoms with E-state index in [-0.39, 0.29) is 24.4 Å². The lowest BCUT2D eigenvalue weighted by molar-refractivity contribution is -0.00761. The molecule has 25 heavy (non-hydrogen) atoms. The molecule has 1 saturated heterocycles. The van der Waals surface area contributed by atoms with Gasteiger partial charge in [0.05, 0.1) is 23.3 Å². The average molecular weight is 382 g/mol. The van der Waals surface area contributed by atoms with Gasteiger partial charge >= 0.3 is 0 Å². The molecule has 1 fully saturated rings. The fourth-order valence-electron chi connectivity index (χ4n) is 2.92. The fraction of sp³-hybridized carbons (Fsp3) is 0.316. The van der Waals surface area contributed by atoms with E-state index in [4.69, 9.17) is 27.9 Å². The summed E-state index contributed by atoms with van der Waals surface area (Å²) in [4.78, 5) is 14.4. The molecule has 0 aliphatic carbocycles. The second-order valence-electron chi connectivity index (χ2n) is 6.04. The van der Waals surface area contributed by atoms with Gasteiger partial charge in [-0.25, -0.2) is 4.39 Å². The van der Waals surface area contributed by atoms with Gasteiger partial charge in [-0.1, -0.05) is 41.4 Å². The first kappa shape index (κ1) is 18.2. The highest BCUT2D eigenvalue weighted by Crippen LogP contribution is 2.24. The Morgan fingerprint density at radius 2 is 2.04 bits per heavy atom. The van der Waals surface area contributed by atoms with Crippen molar-refractivity contribution in [2.24, 2.45) is 0 Å². The molecule has 0 radical (unpaired) electrons. The first-order chi connectivity index (χ1) is 12.0. The third-order valence-electron chi connectivity index (χ3n) is 4.26. The zero-order valence-corrected chi connectivity index (χ0v) is 15.1. The Hall–Kier alpha value is -1.62. The van der Waals surface area contributed by atoms with Gasteiger partial charge in [-0.15, -0.1) is 0 Å². The van der Waals surface area contributed by atoms with E-state index in [1.54, 1.807) is 41.3 Å². The topological polar surface area (TPSA) is 29.5 Å². The minimum Gasteiger partial charge on any atom is -0.372 e. The van der Waals surface area contributed by atoms with Gasteiger partial charge in [0, 0.05) is 23.7 Å². The fourth-order valence-corrected chi connectivity index (χ4v) is 3.40. The van der Waals surface area contributed by atoms with Gasteiger partial charge in [0.15, 0.2) is 0 Å². The normalized spacial score (nSPS) is 17.6. The van der Waals surface area contributed by atoms with Crippen LogP contribution < -0.4 is 0 Å². The Morgan fingerprint density at radius 3 is 2.80 bits per heavy atom. The maximum absolute atomic E-state index is 13.7. The lowest BCUT2D eigenvalue weighted by Crippen LogP contribution is -2.43. The van der Waals surface area contributed by atoms with Crippen LogP contribution in [-0.4, -0.2) is 30.0 Å². The minimum absolute atomic E-state index is 0.122. The number of piperidine rings is 1. The first-order valence-electron chi connectivity index (χ1n) is 8.14. The largest absolute Gasteiger partial charge is 0.372 e. The van der Waals surface area contributed by atoms with E-state index < -0.39 is 0 Å². The van der Waals surface area contributed by atoms with Crippen molar-refractivity contribution in [2.75, 3.05) is 13.1 Å². The SMILES string of the molecule is O=C(c1ccc(Cl)cc1Cl)N1CCC[C@H](OCc2ccccc2F)C1. The Labute approximate surface area is 156 Å². The summed E-state index contributed by atoms with van der Waals surface area (Å²) in [5.41, 5.74) is 0.951. The quantitative estimate of drug-likeness (QED) is 0.749. The molecule has 0 saturated carbocycles. The number of carbonyl (C=O) groups excluding carboxylic acids is 1. The van der Waals surface area contributed by atoms with E-state index in [1.807, 2.05) is 0 Å². The van der Waals surface area contributed by atoms with E-state index >= 15 is 0 Å². The summed E-state index contributed by atoms with van der Waals surface area (Å²) in [6.45, 7) is 1.31. The molecule has 1 atom stereocenters. The molecule has 2 aromatic rings. The van der Waals surface area contributed by atoms with Gasteiger partial charge in [0.1, 0.15) is 5.82 Å². The third kappa shape index (κ3) is 4.51. The van der Waals surface area contributed by atoms with Crippen LogP contribution >= 0.6 is 23.2 Å². The van der Waals surface area contributed by atoms with Crippen molar-refractivity contribution in [1.29, 1.82) is 0 Å². The third-order valence-corrected chi connectivity index (χ3v) is 4.81. The second-order valence-corrected chi connectivity index (χ2v) is 6.89. The number of hydrogen-bond acceptors (Lipinski definition) is 2. The van der Waals surface area contributed by atoms with Crippen LogP contribution in [0.4, 0.5) is 4.39 Å². The van der Waals surface area contributed by atoms with Crippen LogP contribution in [0.25, 0.3) is 0 Å². The molecule has 1 heterocycles. The molecule has 1 aliphatic heterocycles. The van der Waals surface area contributed by atoms with Gasteiger partial charge in [0.2, 0.25) is 0 Å². The van der Waals surface area contributed by atoms with E-state index in [0.717, 1.165) is 12.8 Å². The number of benzene rings is 2. The average Bonchev–Trinajstić information content (AvgIpc) is 2.61. The summed E-state index contributed by atoms with van der Waals surface area (Å²) < 4.78 is 19.5. The molecule has 3 nitrogen and oxygen atoms in total. The molecular weight excluding hydrogens is 364 g/mol. The summed E-state index contributed by atoms with van der Waals surface area (Å²) in [6, 6.07) is 11.4. The van der Waals surface area contributed by atoms with Gasteiger partial charge in [-0.05, 0) is 37.1 Å². The van der Waals surface area contributed by atoms with Gasteiger partial charge in [0.25, 0.3) is 5.91 Å². The van der Waals surface area contributed by atoms with Crippen LogP contribution in [0.1, 0.15) is 28.8 Å². The highest BCUT2D eigenvalue weighted by atomic mass is 35.5. The first-order valence-corrected chi connectivity index (χ1v) is 8.89. The van der Waals surface area contributed by atoms with Gasteiger partial charge in [-0.3, -0.25) is 4.79 Å². The monoisotopic (exact) mass is 381 g/mol. The molecule has 3 rings (SSSR count). The van der Waals surface area contributed by atoms with Gasteiger partial charge in [-0.2, -0.15) is 0 Å². The number of hydrogen-bond donors (Lipinski definition) is 0. The maximum atomic E-state index is 13.7. The number of nitrogens with zero attached hydrogens (tertiary/aromatic N) is 1. The zero-order chi connectivity index (χ0) is 17.8. The van der Waals surface area contributed by atoms with Crippen LogP contribution in [0.15, 0.2) is 42.5 Å². The van der Waals surface area contributed by atoms with Crippen molar-refractivity contribution < 1.29 is 13.9 Å². The number of rotatable bonds is 4. The van der Waals surface area contributed by atoms with E-state index in [2.05, 4.69) is 0 Å². The van der Waals surface area contributed by atoms with Gasteiger partial charge < -0.3 is 9.64 Å². The number of carbonyl (C=O) groups is 1. The second kappa shape index (κ2) is 8.17. The highest BCUT2D eigenvalue weighted by molar-refractivity contribution is 6.36. The Kier molecular flexibility index (Phi) is 5.94. The molecular formula is C19H18Cl2FNO2. The molecule has 0 bridgehead atoms. The summed E-state index contributed by atoms with van der Waals surface area (Å²) >= 11 is 12.0. The lowest BCUT2D eigenvalue weighted by atomic mass is 10.1. The predicted molar refractivity (Wildman–Crippen MR) is 96.6 cm³/mol. The number of likely N-dealkylation sites (tertiary alicyclic amines) is 1. The molecule has 132 valence electrons. The van der Waals surface area contributed by atoms with E-state index in [9.17, 15) is 9.18 Å². The minimum atomic E-state index is -0.279. The van der Waals surface area contributed by atoms with Crippen molar-refractivity contribution >= 4 is 29.1 Å². The Morgan fingerprint density at radius 1 is 1.24 bits per heavy atom. The molecule has 1 amide bonds. The number of amides is 1. The summed E-state index contributed by atoms with van der Waals surface area (Å²) in [5, 5.41) is 0.832. The standard InChI is InChI=1S/C19H18Cl2FNO2/c20-14-7-8-16(17(21)10-14)19(24)23-9-3-5-15(11-23)25-12-13-4-1-2-6-18(13)22/h1-2,4,6-8,10,15H,3,5,9,11-12H2/t15-/m0/s1. The highest BCUT2D eigenvalue weighted by Gasteiger charge is 2.26. The van der Waals surface area contributed by atoms with Crippen LogP contribution in [0.5, 0.6) is 0 Å². The number of halogens is 3.